The van der Waals surface area contributed by atoms with Crippen molar-refractivity contribution in [2.24, 2.45) is 0 Å². The van der Waals surface area contributed by atoms with Crippen molar-refractivity contribution in [2.45, 2.75) is 11.5 Å². The number of ether oxygens (including phenoxy) is 3. The number of carbonyl (C=O) groups is 1. The first kappa shape index (κ1) is 14.6. The minimum Gasteiger partial charge on any atom is -0.486 e. The number of carbonyl (C=O) groups excluding carboxylic acids is 1. The van der Waals surface area contributed by atoms with Gasteiger partial charge in [-0.2, -0.15) is 0 Å². The van der Waals surface area contributed by atoms with Gasteiger partial charge in [-0.15, -0.1) is 12.6 Å². The minimum absolute atomic E-state index is 0.207. The maximum Gasteiger partial charge on any atom is 0.411 e. The molecule has 1 amide bonds. The SMILES string of the molecule is O=C(Nc1cc2c(cc1S)OCCO2)OCc1ccccc1. The van der Waals surface area contributed by atoms with Gasteiger partial charge in [0.15, 0.2) is 11.5 Å². The van der Waals surface area contributed by atoms with E-state index in [1.807, 2.05) is 30.3 Å². The molecule has 1 N–H and O–H groups in total. The molecule has 0 aromatic heterocycles. The molecule has 2 aromatic rings. The number of anilines is 1. The summed E-state index contributed by atoms with van der Waals surface area (Å²) in [5.41, 5.74) is 1.44. The van der Waals surface area contributed by atoms with E-state index >= 15 is 0 Å². The molecule has 0 unspecified atom stereocenters. The second-order valence-corrected chi connectivity index (χ2v) is 5.18. The summed E-state index contributed by atoms with van der Waals surface area (Å²) in [5, 5.41) is 2.66. The third-order valence-corrected chi connectivity index (χ3v) is 3.48. The van der Waals surface area contributed by atoms with Crippen molar-refractivity contribution in [1.29, 1.82) is 0 Å². The number of benzene rings is 2. The number of nitrogens with one attached hydrogen (secondary N) is 1. The molecule has 6 heteroatoms. The van der Waals surface area contributed by atoms with E-state index in [-0.39, 0.29) is 6.61 Å². The summed E-state index contributed by atoms with van der Waals surface area (Å²) in [5.74, 6) is 1.21. The Morgan fingerprint density at radius 2 is 1.82 bits per heavy atom. The first-order valence-electron chi connectivity index (χ1n) is 6.83. The van der Waals surface area contributed by atoms with Gasteiger partial charge in [0.1, 0.15) is 19.8 Å². The number of hydrogen-bond acceptors (Lipinski definition) is 5. The number of rotatable bonds is 3. The Hall–Kier alpha value is -2.34. The van der Waals surface area contributed by atoms with Crippen LogP contribution in [0.15, 0.2) is 47.4 Å². The molecule has 0 saturated heterocycles. The van der Waals surface area contributed by atoms with Gasteiger partial charge in [0.2, 0.25) is 0 Å². The van der Waals surface area contributed by atoms with Crippen LogP contribution < -0.4 is 14.8 Å². The molecule has 0 radical (unpaired) electrons. The zero-order valence-corrected chi connectivity index (χ0v) is 12.6. The van der Waals surface area contributed by atoms with E-state index in [9.17, 15) is 4.79 Å². The maximum absolute atomic E-state index is 11.9. The van der Waals surface area contributed by atoms with Gasteiger partial charge < -0.3 is 14.2 Å². The Balaban J connectivity index is 1.64. The molecule has 22 heavy (non-hydrogen) atoms. The largest absolute Gasteiger partial charge is 0.486 e. The van der Waals surface area contributed by atoms with E-state index in [2.05, 4.69) is 17.9 Å². The molecule has 5 nitrogen and oxygen atoms in total. The Kier molecular flexibility index (Phi) is 4.39. The summed E-state index contributed by atoms with van der Waals surface area (Å²) in [6.07, 6.45) is -0.546. The number of amides is 1. The van der Waals surface area contributed by atoms with E-state index in [1.165, 1.54) is 0 Å². The number of fused-ring (bicyclic) bond motifs is 1. The van der Waals surface area contributed by atoms with Crippen molar-refractivity contribution < 1.29 is 19.0 Å². The Labute approximate surface area is 133 Å². The normalized spacial score (nSPS) is 12.6. The van der Waals surface area contributed by atoms with Crippen LogP contribution in [0.2, 0.25) is 0 Å². The van der Waals surface area contributed by atoms with Crippen molar-refractivity contribution in [1.82, 2.24) is 0 Å². The average molecular weight is 317 g/mol. The molecule has 1 aliphatic heterocycles. The first-order valence-corrected chi connectivity index (χ1v) is 7.27. The van der Waals surface area contributed by atoms with E-state index in [0.717, 1.165) is 5.56 Å². The molecule has 0 bridgehead atoms. The highest BCUT2D eigenvalue weighted by atomic mass is 32.1. The lowest BCUT2D eigenvalue weighted by molar-refractivity contribution is 0.155. The Morgan fingerprint density at radius 1 is 1.14 bits per heavy atom. The second-order valence-electron chi connectivity index (χ2n) is 4.70. The number of hydrogen-bond donors (Lipinski definition) is 2. The molecule has 0 aliphatic carbocycles. The van der Waals surface area contributed by atoms with Crippen molar-refractivity contribution in [3.63, 3.8) is 0 Å². The zero-order valence-electron chi connectivity index (χ0n) is 11.7. The Morgan fingerprint density at radius 3 is 2.55 bits per heavy atom. The summed E-state index contributed by atoms with van der Waals surface area (Å²) in [7, 11) is 0. The second kappa shape index (κ2) is 6.62. The molecule has 0 saturated carbocycles. The van der Waals surface area contributed by atoms with Crippen LogP contribution in [-0.2, 0) is 11.3 Å². The van der Waals surface area contributed by atoms with Crippen molar-refractivity contribution in [2.75, 3.05) is 18.5 Å². The highest BCUT2D eigenvalue weighted by Gasteiger charge is 2.16. The van der Waals surface area contributed by atoms with E-state index in [0.29, 0.717) is 35.3 Å². The van der Waals surface area contributed by atoms with Crippen LogP contribution in [0.4, 0.5) is 10.5 Å². The fourth-order valence-electron chi connectivity index (χ4n) is 2.05. The number of thiol groups is 1. The molecule has 0 atom stereocenters. The Bertz CT molecular complexity index is 675. The van der Waals surface area contributed by atoms with E-state index in [4.69, 9.17) is 14.2 Å². The van der Waals surface area contributed by atoms with Crippen molar-refractivity contribution >= 4 is 24.4 Å². The lowest BCUT2D eigenvalue weighted by atomic mass is 10.2. The topological polar surface area (TPSA) is 56.8 Å². The fraction of sp³-hybridized carbons (Fsp3) is 0.188. The van der Waals surface area contributed by atoms with Gasteiger partial charge in [-0.05, 0) is 11.6 Å². The van der Waals surface area contributed by atoms with Gasteiger partial charge in [0.25, 0.3) is 0 Å². The molecule has 0 fully saturated rings. The molecule has 1 aliphatic rings. The third kappa shape index (κ3) is 3.46. The molecule has 114 valence electrons. The lowest BCUT2D eigenvalue weighted by Gasteiger charge is -2.20. The summed E-state index contributed by atoms with van der Waals surface area (Å²) >= 11 is 4.34. The van der Waals surface area contributed by atoms with Crippen LogP contribution in [0.25, 0.3) is 0 Å². The summed E-state index contributed by atoms with van der Waals surface area (Å²) < 4.78 is 16.1. The standard InChI is InChI=1S/C16H15NO4S/c18-16(21-10-11-4-2-1-3-5-11)17-12-8-13-14(9-15(12)22)20-7-6-19-13/h1-5,8-9,22H,6-7,10H2,(H,17,18). The van der Waals surface area contributed by atoms with Gasteiger partial charge in [0.05, 0.1) is 5.69 Å². The zero-order chi connectivity index (χ0) is 15.4. The lowest BCUT2D eigenvalue weighted by Crippen LogP contribution is -2.17. The molecule has 3 rings (SSSR count). The predicted molar refractivity (Wildman–Crippen MR) is 84.9 cm³/mol. The van der Waals surface area contributed by atoms with E-state index < -0.39 is 6.09 Å². The summed E-state index contributed by atoms with van der Waals surface area (Å²) in [4.78, 5) is 12.5. The molecule has 1 heterocycles. The van der Waals surface area contributed by atoms with Crippen LogP contribution in [0, 0.1) is 0 Å². The highest BCUT2D eigenvalue weighted by Crippen LogP contribution is 2.37. The van der Waals surface area contributed by atoms with Crippen LogP contribution >= 0.6 is 12.6 Å². The van der Waals surface area contributed by atoms with Gasteiger partial charge in [0, 0.05) is 11.0 Å². The van der Waals surface area contributed by atoms with Gasteiger partial charge >= 0.3 is 6.09 Å². The van der Waals surface area contributed by atoms with Crippen LogP contribution in [0.5, 0.6) is 11.5 Å². The van der Waals surface area contributed by atoms with Crippen LogP contribution in [-0.4, -0.2) is 19.3 Å². The monoisotopic (exact) mass is 317 g/mol. The third-order valence-electron chi connectivity index (χ3n) is 3.11. The van der Waals surface area contributed by atoms with Crippen LogP contribution in [0.1, 0.15) is 5.56 Å². The maximum atomic E-state index is 11.9. The van der Waals surface area contributed by atoms with Gasteiger partial charge in [-0.1, -0.05) is 30.3 Å². The smallest absolute Gasteiger partial charge is 0.411 e. The first-order chi connectivity index (χ1) is 10.7. The highest BCUT2D eigenvalue weighted by molar-refractivity contribution is 7.80. The quantitative estimate of drug-likeness (QED) is 0.851. The summed E-state index contributed by atoms with van der Waals surface area (Å²) in [6.45, 7) is 1.20. The van der Waals surface area contributed by atoms with Gasteiger partial charge in [-0.3, -0.25) is 5.32 Å². The molecular formula is C16H15NO4S. The molecule has 0 spiro atoms. The van der Waals surface area contributed by atoms with Crippen LogP contribution in [0.3, 0.4) is 0 Å². The summed E-state index contributed by atoms with van der Waals surface area (Å²) in [6, 6.07) is 12.9. The van der Waals surface area contributed by atoms with Gasteiger partial charge in [-0.25, -0.2) is 4.79 Å². The van der Waals surface area contributed by atoms with Crippen molar-refractivity contribution in [3.8, 4) is 11.5 Å². The molecular weight excluding hydrogens is 302 g/mol. The van der Waals surface area contributed by atoms with Crippen molar-refractivity contribution in [3.05, 3.63) is 48.0 Å². The van der Waals surface area contributed by atoms with E-state index in [1.54, 1.807) is 12.1 Å². The molecule has 2 aromatic carbocycles. The fourth-order valence-corrected chi connectivity index (χ4v) is 2.29. The average Bonchev–Trinajstić information content (AvgIpc) is 2.55. The minimum atomic E-state index is -0.546. The predicted octanol–water partition coefficient (Wildman–Crippen LogP) is 3.50.